The summed E-state index contributed by atoms with van der Waals surface area (Å²) in [5.74, 6) is -1.20. The Morgan fingerprint density at radius 3 is 2.49 bits per heavy atom. The third-order valence-corrected chi connectivity index (χ3v) is 6.98. The molecular weight excluding hydrogens is 488 g/mol. The van der Waals surface area contributed by atoms with Crippen LogP contribution in [0, 0.1) is 5.82 Å². The normalized spacial score (nSPS) is 17.5. The van der Waals surface area contributed by atoms with Crippen LogP contribution in [-0.4, -0.2) is 65.1 Å². The highest BCUT2D eigenvalue weighted by Gasteiger charge is 2.34. The maximum atomic E-state index is 13.2. The molecule has 0 saturated carbocycles. The van der Waals surface area contributed by atoms with Crippen LogP contribution in [0.2, 0.25) is 0 Å². The van der Waals surface area contributed by atoms with Gasteiger partial charge in [-0.25, -0.2) is 13.9 Å². The number of aromatic nitrogens is 3. The molecule has 0 aliphatic carbocycles. The standard InChI is InChI=1S/C17H23N5O.C9H9F4N/c23-12-14-10-16(17-18-13-19-22(17)11-14)21-8-4-15(5-9-21)20-6-2-1-3-7-20;1-14-5-6-3-2-4-7(8(6)10)9(11,12)13/h10-13,15H,1-9H2;2-4,14H,5H2,1H3. The van der Waals surface area contributed by atoms with Crippen LogP contribution in [0.25, 0.3) is 5.65 Å². The molecule has 37 heavy (non-hydrogen) atoms. The zero-order valence-electron chi connectivity index (χ0n) is 20.8. The number of fused-ring (bicyclic) bond motifs is 1. The first-order valence-electron chi connectivity index (χ1n) is 12.6. The molecule has 0 radical (unpaired) electrons. The summed E-state index contributed by atoms with van der Waals surface area (Å²) in [4.78, 5) is 20.6. The molecule has 2 aliphatic rings. The Morgan fingerprint density at radius 1 is 1.11 bits per heavy atom. The van der Waals surface area contributed by atoms with Gasteiger partial charge in [0.15, 0.2) is 11.9 Å². The molecule has 1 N–H and O–H groups in total. The lowest BCUT2D eigenvalue weighted by Crippen LogP contribution is -2.46. The molecule has 2 fully saturated rings. The molecule has 200 valence electrons. The van der Waals surface area contributed by atoms with Crippen LogP contribution >= 0.6 is 0 Å². The number of anilines is 1. The fraction of sp³-hybridized carbons (Fsp3) is 0.500. The lowest BCUT2D eigenvalue weighted by Gasteiger charge is -2.41. The number of pyridine rings is 1. The van der Waals surface area contributed by atoms with Crippen molar-refractivity contribution in [1.82, 2.24) is 24.8 Å². The minimum atomic E-state index is -4.63. The summed E-state index contributed by atoms with van der Waals surface area (Å²) in [7, 11) is 1.54. The van der Waals surface area contributed by atoms with Crippen molar-refractivity contribution in [2.75, 3.05) is 38.1 Å². The fourth-order valence-electron chi connectivity index (χ4n) is 5.11. The summed E-state index contributed by atoms with van der Waals surface area (Å²) in [6.45, 7) is 4.65. The van der Waals surface area contributed by atoms with Gasteiger partial charge in [0.25, 0.3) is 0 Å². The Morgan fingerprint density at radius 2 is 1.84 bits per heavy atom. The lowest BCUT2D eigenvalue weighted by molar-refractivity contribution is -0.140. The van der Waals surface area contributed by atoms with E-state index in [0.717, 1.165) is 42.8 Å². The number of likely N-dealkylation sites (tertiary alicyclic amines) is 1. The van der Waals surface area contributed by atoms with Crippen molar-refractivity contribution in [3.05, 3.63) is 59.3 Å². The van der Waals surface area contributed by atoms with E-state index in [1.807, 2.05) is 6.07 Å². The second kappa shape index (κ2) is 12.0. The lowest BCUT2D eigenvalue weighted by atomic mass is 9.99. The Labute approximate surface area is 213 Å². The van der Waals surface area contributed by atoms with E-state index in [2.05, 4.69) is 25.2 Å². The number of rotatable bonds is 5. The third kappa shape index (κ3) is 6.45. The van der Waals surface area contributed by atoms with Crippen LogP contribution in [-0.2, 0) is 12.7 Å². The zero-order valence-corrected chi connectivity index (χ0v) is 20.8. The Hall–Kier alpha value is -3.05. The smallest absolute Gasteiger partial charge is 0.368 e. The molecule has 2 aromatic heterocycles. The summed E-state index contributed by atoms with van der Waals surface area (Å²) < 4.78 is 51.5. The van der Waals surface area contributed by atoms with Gasteiger partial charge in [-0.05, 0) is 58.0 Å². The van der Waals surface area contributed by atoms with Crippen LogP contribution in [0.15, 0.2) is 36.8 Å². The monoisotopic (exact) mass is 520 g/mol. The van der Waals surface area contributed by atoms with Gasteiger partial charge in [-0.2, -0.15) is 18.3 Å². The summed E-state index contributed by atoms with van der Waals surface area (Å²) >= 11 is 0. The first-order valence-corrected chi connectivity index (χ1v) is 12.6. The predicted octanol–water partition coefficient (Wildman–Crippen LogP) is 4.56. The molecule has 0 atom stereocenters. The third-order valence-electron chi connectivity index (χ3n) is 6.98. The zero-order chi connectivity index (χ0) is 26.4. The largest absolute Gasteiger partial charge is 0.419 e. The number of nitrogens with one attached hydrogen (secondary N) is 1. The minimum absolute atomic E-state index is 0.0160. The van der Waals surface area contributed by atoms with Crippen molar-refractivity contribution >= 4 is 17.6 Å². The average molecular weight is 521 g/mol. The molecule has 2 aliphatic heterocycles. The highest BCUT2D eigenvalue weighted by atomic mass is 19.4. The van der Waals surface area contributed by atoms with Crippen molar-refractivity contribution in [1.29, 1.82) is 0 Å². The summed E-state index contributed by atoms with van der Waals surface area (Å²) in [5, 5.41) is 6.78. The van der Waals surface area contributed by atoms with Gasteiger partial charge in [0, 0.05) is 43.0 Å². The average Bonchev–Trinajstić information content (AvgIpc) is 3.39. The van der Waals surface area contributed by atoms with Gasteiger partial charge in [0.1, 0.15) is 12.1 Å². The van der Waals surface area contributed by atoms with Crippen molar-refractivity contribution < 1.29 is 22.4 Å². The second-order valence-electron chi connectivity index (χ2n) is 9.43. The van der Waals surface area contributed by atoms with E-state index in [0.29, 0.717) is 5.56 Å². The minimum Gasteiger partial charge on any atom is -0.368 e. The van der Waals surface area contributed by atoms with Gasteiger partial charge in [0.2, 0.25) is 0 Å². The maximum absolute atomic E-state index is 13.2. The molecule has 5 rings (SSSR count). The number of piperidine rings is 2. The second-order valence-corrected chi connectivity index (χ2v) is 9.43. The Bertz CT molecular complexity index is 1180. The summed E-state index contributed by atoms with van der Waals surface area (Å²) in [5.41, 5.74) is 1.32. The maximum Gasteiger partial charge on any atom is 0.419 e. The molecule has 0 amide bonds. The van der Waals surface area contributed by atoms with E-state index in [1.54, 1.807) is 24.1 Å². The van der Waals surface area contributed by atoms with Crippen molar-refractivity contribution in [3.8, 4) is 0 Å². The topological polar surface area (TPSA) is 65.8 Å². The number of aldehydes is 1. The van der Waals surface area contributed by atoms with Gasteiger partial charge in [-0.3, -0.25) is 4.79 Å². The molecule has 0 spiro atoms. The van der Waals surface area contributed by atoms with E-state index in [4.69, 9.17) is 0 Å². The van der Waals surface area contributed by atoms with Crippen LogP contribution in [0.3, 0.4) is 0 Å². The molecule has 1 aromatic carbocycles. The Kier molecular flexibility index (Phi) is 8.75. The van der Waals surface area contributed by atoms with Gasteiger partial charge in [-0.1, -0.05) is 18.6 Å². The number of hydrogen-bond acceptors (Lipinski definition) is 6. The molecule has 7 nitrogen and oxygen atoms in total. The number of hydrogen-bond donors (Lipinski definition) is 1. The number of halogens is 4. The highest BCUT2D eigenvalue weighted by Crippen LogP contribution is 2.32. The summed E-state index contributed by atoms with van der Waals surface area (Å²) in [6, 6.07) is 5.90. The molecule has 2 saturated heterocycles. The molecular formula is C26H32F4N6O. The predicted molar refractivity (Wildman–Crippen MR) is 133 cm³/mol. The van der Waals surface area contributed by atoms with E-state index in [1.165, 1.54) is 57.3 Å². The Balaban J connectivity index is 0.000000197. The van der Waals surface area contributed by atoms with Gasteiger partial charge in [-0.15, -0.1) is 0 Å². The summed E-state index contributed by atoms with van der Waals surface area (Å²) in [6.07, 6.45) is 5.99. The van der Waals surface area contributed by atoms with Crippen LogP contribution in [0.4, 0.5) is 23.2 Å². The van der Waals surface area contributed by atoms with Crippen molar-refractivity contribution in [2.45, 2.75) is 50.9 Å². The van der Waals surface area contributed by atoms with Crippen molar-refractivity contribution in [2.24, 2.45) is 0 Å². The van der Waals surface area contributed by atoms with E-state index in [-0.39, 0.29) is 12.1 Å². The number of benzene rings is 1. The van der Waals surface area contributed by atoms with Gasteiger partial charge < -0.3 is 15.1 Å². The SMILES string of the molecule is CNCc1cccc(C(F)(F)F)c1F.O=Cc1cc(N2CCC(N3CCCCC3)CC2)c2ncnn2c1. The van der Waals surface area contributed by atoms with Crippen LogP contribution in [0.1, 0.15) is 53.6 Å². The van der Waals surface area contributed by atoms with E-state index >= 15 is 0 Å². The van der Waals surface area contributed by atoms with Crippen LogP contribution in [0.5, 0.6) is 0 Å². The fourth-order valence-corrected chi connectivity index (χ4v) is 5.11. The van der Waals surface area contributed by atoms with Gasteiger partial charge >= 0.3 is 6.18 Å². The molecule has 4 heterocycles. The van der Waals surface area contributed by atoms with E-state index < -0.39 is 17.6 Å². The molecule has 0 unspecified atom stereocenters. The molecule has 11 heteroatoms. The number of carbonyl (C=O) groups excluding carboxylic acids is 1. The number of alkyl halides is 3. The van der Waals surface area contributed by atoms with Crippen molar-refractivity contribution in [3.63, 3.8) is 0 Å². The van der Waals surface area contributed by atoms with Crippen LogP contribution < -0.4 is 10.2 Å². The molecule has 0 bridgehead atoms. The quantitative estimate of drug-likeness (QED) is 0.393. The number of nitrogens with zero attached hydrogens (tertiary/aromatic N) is 5. The van der Waals surface area contributed by atoms with E-state index in [9.17, 15) is 22.4 Å². The highest BCUT2D eigenvalue weighted by molar-refractivity contribution is 5.81. The first kappa shape index (κ1) is 27.0. The molecule has 3 aromatic rings. The van der Waals surface area contributed by atoms with Gasteiger partial charge in [0.05, 0.1) is 11.3 Å². The number of carbonyl (C=O) groups is 1. The first-order chi connectivity index (χ1) is 17.8.